The topological polar surface area (TPSA) is 318 Å². The van der Waals surface area contributed by atoms with E-state index in [2.05, 4.69) is 57.2 Å². The van der Waals surface area contributed by atoms with E-state index in [0.29, 0.717) is 0 Å². The van der Waals surface area contributed by atoms with Crippen LogP contribution in [0.5, 0.6) is 0 Å². The molecule has 0 aliphatic rings. The summed E-state index contributed by atoms with van der Waals surface area (Å²) in [7, 11) is 0. The Kier molecular flexibility index (Phi) is 20.7. The Balaban J connectivity index is 5.78. The molecule has 0 aliphatic carbocycles. The van der Waals surface area contributed by atoms with Crippen LogP contribution in [0.1, 0.15) is 60.3 Å². The van der Waals surface area contributed by atoms with Gasteiger partial charge in [-0.1, -0.05) is 27.7 Å². The van der Waals surface area contributed by atoms with Crippen LogP contribution in [0, 0.1) is 11.8 Å². The smallest absolute Gasteiger partial charge is 0.325 e. The Hall–Kier alpha value is -4.11. The second-order valence-corrected chi connectivity index (χ2v) is 13.0. The minimum atomic E-state index is -1.62. The van der Waals surface area contributed by atoms with E-state index in [1.807, 2.05) is 0 Å². The summed E-state index contributed by atoms with van der Waals surface area (Å²) in [5.41, 5.74) is 11.0. The standard InChI is InChI=1S/C29H50N8O11S2/c1-12(2)8-16(33-23(41)15(30)6-7-21(39)40)24(42)35-19(11-50)27(45)36-18(10-49)26(44)34-17(9-20(31)38)25(43)37-22(13(3)4)28(46)32-14(5)29(47)48/h12-19,22,49-50H,6-11,30H2,1-5H3,(H2,31,38)(H,32,46)(H,33,41)(H,34,44)(H,35,42)(H,36,45)(H,37,43)(H,39,40)(H,47,48)/t14-,15-,16-,17-,18-,19-,22-/m0/s1. The predicted octanol–water partition coefficient (Wildman–Crippen LogP) is -3.37. The molecule has 0 heterocycles. The zero-order valence-corrected chi connectivity index (χ0v) is 30.3. The van der Waals surface area contributed by atoms with Crippen LogP contribution in [0.4, 0.5) is 0 Å². The number of nitrogens with two attached hydrogens (primary N) is 2. The van der Waals surface area contributed by atoms with E-state index in [-0.39, 0.29) is 36.7 Å². The van der Waals surface area contributed by atoms with Crippen molar-refractivity contribution in [2.24, 2.45) is 23.3 Å². The number of rotatable bonds is 23. The van der Waals surface area contributed by atoms with Crippen molar-refractivity contribution in [2.45, 2.75) is 103 Å². The summed E-state index contributed by atoms with van der Waals surface area (Å²) in [6.45, 7) is 7.91. The molecular weight excluding hydrogens is 700 g/mol. The molecule has 0 aromatic heterocycles. The molecule has 0 bridgehead atoms. The highest BCUT2D eigenvalue weighted by Gasteiger charge is 2.34. The Morgan fingerprint density at radius 2 is 1.06 bits per heavy atom. The van der Waals surface area contributed by atoms with Gasteiger partial charge in [0.15, 0.2) is 0 Å². The van der Waals surface area contributed by atoms with Gasteiger partial charge in [0.2, 0.25) is 41.4 Å². The number of hydrogen-bond donors (Lipinski definition) is 12. The van der Waals surface area contributed by atoms with Gasteiger partial charge in [-0.15, -0.1) is 0 Å². The molecule has 284 valence electrons. The average Bonchev–Trinajstić information content (AvgIpc) is 3.01. The Labute approximate surface area is 300 Å². The molecule has 0 fully saturated rings. The molecule has 0 saturated carbocycles. The van der Waals surface area contributed by atoms with E-state index < -0.39 is 108 Å². The fraction of sp³-hybridized carbons (Fsp3) is 0.690. The molecule has 0 saturated heterocycles. The summed E-state index contributed by atoms with van der Waals surface area (Å²) in [5, 5.41) is 32.1. The number of amides is 7. The van der Waals surface area contributed by atoms with Gasteiger partial charge in [-0.25, -0.2) is 0 Å². The van der Waals surface area contributed by atoms with Crippen LogP contribution >= 0.6 is 25.3 Å². The maximum absolute atomic E-state index is 13.2. The number of carbonyl (C=O) groups excluding carboxylic acids is 7. The Morgan fingerprint density at radius 1 is 0.620 bits per heavy atom. The van der Waals surface area contributed by atoms with Gasteiger partial charge in [0.05, 0.1) is 12.5 Å². The lowest BCUT2D eigenvalue weighted by Gasteiger charge is -2.27. The maximum atomic E-state index is 13.2. The predicted molar refractivity (Wildman–Crippen MR) is 186 cm³/mol. The Morgan fingerprint density at radius 3 is 1.46 bits per heavy atom. The van der Waals surface area contributed by atoms with Crippen molar-refractivity contribution in [3.05, 3.63) is 0 Å². The van der Waals surface area contributed by atoms with Crippen LogP contribution in [0.25, 0.3) is 0 Å². The molecule has 21 heteroatoms. The number of primary amides is 1. The third-order valence-electron chi connectivity index (χ3n) is 6.99. The van der Waals surface area contributed by atoms with Gasteiger partial charge in [-0.05, 0) is 31.6 Å². The normalized spacial score (nSPS) is 15.2. The van der Waals surface area contributed by atoms with E-state index in [1.54, 1.807) is 27.7 Å². The SMILES string of the molecule is CC(C)C[C@H](NC(=O)[C@@H](N)CCC(=O)O)C(=O)N[C@@H](CS)C(=O)N[C@@H](CS)C(=O)N[C@@H](CC(N)=O)C(=O)N[C@H](C(=O)N[C@@H](C)C(=O)O)C(C)C. The highest BCUT2D eigenvalue weighted by molar-refractivity contribution is 7.80. The van der Waals surface area contributed by atoms with Crippen LogP contribution < -0.4 is 43.4 Å². The van der Waals surface area contributed by atoms with Crippen LogP contribution in [0.2, 0.25) is 0 Å². The number of carboxylic acid groups (broad SMARTS) is 2. The number of aliphatic carboxylic acids is 2. The highest BCUT2D eigenvalue weighted by Crippen LogP contribution is 2.08. The summed E-state index contributed by atoms with van der Waals surface area (Å²) >= 11 is 8.19. The van der Waals surface area contributed by atoms with Gasteiger partial charge in [0, 0.05) is 17.9 Å². The van der Waals surface area contributed by atoms with Crippen LogP contribution in [0.3, 0.4) is 0 Å². The number of carboxylic acids is 2. The van der Waals surface area contributed by atoms with E-state index in [4.69, 9.17) is 21.7 Å². The van der Waals surface area contributed by atoms with Gasteiger partial charge in [0.1, 0.15) is 36.3 Å². The lowest BCUT2D eigenvalue weighted by atomic mass is 10.0. The number of thiol groups is 2. The molecule has 0 unspecified atom stereocenters. The van der Waals surface area contributed by atoms with Crippen LogP contribution in [-0.2, 0) is 43.2 Å². The van der Waals surface area contributed by atoms with Gasteiger partial charge < -0.3 is 53.6 Å². The third-order valence-corrected chi connectivity index (χ3v) is 7.72. The average molecular weight is 751 g/mol. The molecular formula is C29H50N8O11S2. The van der Waals surface area contributed by atoms with Gasteiger partial charge in [-0.3, -0.25) is 43.2 Å². The molecule has 19 nitrogen and oxygen atoms in total. The molecule has 50 heavy (non-hydrogen) atoms. The molecule has 0 aromatic carbocycles. The molecule has 7 atom stereocenters. The van der Waals surface area contributed by atoms with E-state index in [0.717, 1.165) is 0 Å². The third kappa shape index (κ3) is 17.0. The summed E-state index contributed by atoms with van der Waals surface area (Å²) in [6, 6.07) is -9.28. The minimum absolute atomic E-state index is 0.106. The van der Waals surface area contributed by atoms with Crippen molar-refractivity contribution in [2.75, 3.05) is 11.5 Å². The lowest BCUT2D eigenvalue weighted by Crippen LogP contribution is -2.61. The largest absolute Gasteiger partial charge is 0.481 e. The second kappa shape index (κ2) is 22.6. The first-order valence-electron chi connectivity index (χ1n) is 15.7. The molecule has 0 aromatic rings. The van der Waals surface area contributed by atoms with Crippen molar-refractivity contribution in [3.63, 3.8) is 0 Å². The van der Waals surface area contributed by atoms with Gasteiger partial charge in [0.25, 0.3) is 0 Å². The monoisotopic (exact) mass is 750 g/mol. The van der Waals surface area contributed by atoms with E-state index in [1.165, 1.54) is 6.92 Å². The molecule has 0 radical (unpaired) electrons. The van der Waals surface area contributed by atoms with Crippen molar-refractivity contribution in [3.8, 4) is 0 Å². The van der Waals surface area contributed by atoms with Crippen molar-refractivity contribution in [1.82, 2.24) is 31.9 Å². The number of nitrogens with one attached hydrogen (secondary N) is 6. The van der Waals surface area contributed by atoms with Gasteiger partial charge >= 0.3 is 11.9 Å². The van der Waals surface area contributed by atoms with E-state index in [9.17, 15) is 43.2 Å². The molecule has 0 aliphatic heterocycles. The quantitative estimate of drug-likeness (QED) is 0.0456. The fourth-order valence-electron chi connectivity index (χ4n) is 4.16. The fourth-order valence-corrected chi connectivity index (χ4v) is 4.68. The van der Waals surface area contributed by atoms with Gasteiger partial charge in [-0.2, -0.15) is 25.3 Å². The first kappa shape index (κ1) is 45.9. The first-order chi connectivity index (χ1) is 23.1. The van der Waals surface area contributed by atoms with E-state index >= 15 is 0 Å². The number of carbonyl (C=O) groups is 9. The minimum Gasteiger partial charge on any atom is -0.481 e. The summed E-state index contributed by atoms with van der Waals surface area (Å²) in [5.74, 6) is -9.95. The molecule has 0 rings (SSSR count). The molecule has 7 amide bonds. The zero-order valence-electron chi connectivity index (χ0n) is 28.6. The van der Waals surface area contributed by atoms with Crippen molar-refractivity contribution in [1.29, 1.82) is 0 Å². The summed E-state index contributed by atoms with van der Waals surface area (Å²) in [6.07, 6.45) is -1.11. The highest BCUT2D eigenvalue weighted by atomic mass is 32.1. The molecule has 0 spiro atoms. The Bertz CT molecular complexity index is 1250. The first-order valence-corrected chi connectivity index (χ1v) is 16.9. The number of hydrogen-bond acceptors (Lipinski definition) is 12. The maximum Gasteiger partial charge on any atom is 0.325 e. The second-order valence-electron chi connectivity index (χ2n) is 12.2. The summed E-state index contributed by atoms with van der Waals surface area (Å²) in [4.78, 5) is 112. The zero-order chi connectivity index (χ0) is 38.9. The van der Waals surface area contributed by atoms with Crippen LogP contribution in [0.15, 0.2) is 0 Å². The molecule has 12 N–H and O–H groups in total. The van der Waals surface area contributed by atoms with Crippen molar-refractivity contribution < 1.29 is 53.4 Å². The summed E-state index contributed by atoms with van der Waals surface area (Å²) < 4.78 is 0. The van der Waals surface area contributed by atoms with Crippen molar-refractivity contribution >= 4 is 78.5 Å². The lowest BCUT2D eigenvalue weighted by molar-refractivity contribution is -0.142. The van der Waals surface area contributed by atoms with Crippen LogP contribution in [-0.4, -0.2) is 117 Å².